The minimum atomic E-state index is 0.595. The van der Waals surface area contributed by atoms with Crippen LogP contribution in [0.3, 0.4) is 0 Å². The minimum absolute atomic E-state index is 0.595. The second-order valence-corrected chi connectivity index (χ2v) is 4.35. The number of hydrogen-bond acceptors (Lipinski definition) is 3. The topological polar surface area (TPSA) is 54.7 Å². The van der Waals surface area contributed by atoms with Gasteiger partial charge in [0.2, 0.25) is 0 Å². The number of imidazole rings is 1. The van der Waals surface area contributed by atoms with Crippen molar-refractivity contribution in [3.05, 3.63) is 41.7 Å². The lowest BCUT2D eigenvalue weighted by molar-refractivity contribution is 1.03. The number of aryl methyl sites for hydroxylation is 1. The first-order valence-electron chi connectivity index (χ1n) is 4.76. The van der Waals surface area contributed by atoms with E-state index in [1.165, 1.54) is 16.0 Å². The lowest BCUT2D eigenvalue weighted by atomic mass is 10.1. The van der Waals surface area contributed by atoms with Gasteiger partial charge in [0.05, 0.1) is 0 Å². The zero-order valence-electron chi connectivity index (χ0n) is 8.53. The lowest BCUT2D eigenvalue weighted by Crippen LogP contribution is -1.98. The molecule has 0 unspecified atom stereocenters. The zero-order valence-corrected chi connectivity index (χ0v) is 9.34. The molecule has 0 radical (unpaired) electrons. The smallest absolute Gasteiger partial charge is 0.170 e. The molecule has 0 spiro atoms. The lowest BCUT2D eigenvalue weighted by Gasteiger charge is -2.04. The molecule has 0 aliphatic carbocycles. The quantitative estimate of drug-likeness (QED) is 0.833. The second-order valence-electron chi connectivity index (χ2n) is 3.29. The molecule has 1 aromatic heterocycles. The molecule has 2 rings (SSSR count). The first-order chi connectivity index (χ1) is 7.29. The molecule has 0 fully saturated rings. The van der Waals surface area contributed by atoms with Gasteiger partial charge in [-0.15, -0.1) is 0 Å². The molecule has 15 heavy (non-hydrogen) atoms. The van der Waals surface area contributed by atoms with E-state index in [9.17, 15) is 0 Å². The van der Waals surface area contributed by atoms with Crippen molar-refractivity contribution in [1.29, 1.82) is 0 Å². The van der Waals surface area contributed by atoms with Crippen molar-refractivity contribution in [1.82, 2.24) is 9.97 Å². The molecule has 0 aliphatic rings. The number of nitrogens with one attached hydrogen (secondary N) is 1. The van der Waals surface area contributed by atoms with Gasteiger partial charge in [0.15, 0.2) is 5.16 Å². The SMILES string of the molecule is Cc1cc(Sc2ncc[nH]2)ccc1CN. The molecule has 3 N–H and O–H groups in total. The van der Waals surface area contributed by atoms with E-state index in [2.05, 4.69) is 35.1 Å². The first kappa shape index (κ1) is 10.3. The molecule has 78 valence electrons. The molecule has 2 aromatic rings. The standard InChI is InChI=1S/C11H13N3S/c1-8-6-10(3-2-9(8)7-12)15-11-13-4-5-14-11/h2-6H,7,12H2,1H3,(H,13,14). The van der Waals surface area contributed by atoms with Gasteiger partial charge in [-0.25, -0.2) is 4.98 Å². The van der Waals surface area contributed by atoms with E-state index in [1.54, 1.807) is 18.0 Å². The van der Waals surface area contributed by atoms with Crippen molar-refractivity contribution in [2.75, 3.05) is 0 Å². The molecule has 0 saturated carbocycles. The third-order valence-electron chi connectivity index (χ3n) is 2.22. The van der Waals surface area contributed by atoms with Crippen LogP contribution in [0, 0.1) is 6.92 Å². The summed E-state index contributed by atoms with van der Waals surface area (Å²) >= 11 is 1.62. The van der Waals surface area contributed by atoms with E-state index in [-0.39, 0.29) is 0 Å². The van der Waals surface area contributed by atoms with Crippen molar-refractivity contribution in [2.24, 2.45) is 5.73 Å². The van der Waals surface area contributed by atoms with Gasteiger partial charge in [-0.2, -0.15) is 0 Å². The third-order valence-corrected chi connectivity index (χ3v) is 3.13. The van der Waals surface area contributed by atoms with Crippen LogP contribution in [0.1, 0.15) is 11.1 Å². The van der Waals surface area contributed by atoms with Gasteiger partial charge >= 0.3 is 0 Å². The summed E-state index contributed by atoms with van der Waals surface area (Å²) in [6.07, 6.45) is 3.58. The van der Waals surface area contributed by atoms with Gasteiger partial charge in [0.25, 0.3) is 0 Å². The Balaban J connectivity index is 2.20. The van der Waals surface area contributed by atoms with E-state index in [1.807, 2.05) is 6.20 Å². The number of nitrogens with two attached hydrogens (primary N) is 1. The first-order valence-corrected chi connectivity index (χ1v) is 5.58. The number of hydrogen-bond donors (Lipinski definition) is 2. The fraction of sp³-hybridized carbons (Fsp3) is 0.182. The molecule has 4 heteroatoms. The number of aromatic amines is 1. The predicted octanol–water partition coefficient (Wildman–Crippen LogP) is 2.33. The normalized spacial score (nSPS) is 10.5. The summed E-state index contributed by atoms with van der Waals surface area (Å²) in [5.74, 6) is 0. The van der Waals surface area contributed by atoms with Crippen LogP contribution in [0.5, 0.6) is 0 Å². The third kappa shape index (κ3) is 2.40. The van der Waals surface area contributed by atoms with Crippen molar-refractivity contribution in [2.45, 2.75) is 23.5 Å². The summed E-state index contributed by atoms with van der Waals surface area (Å²) in [4.78, 5) is 8.41. The fourth-order valence-corrected chi connectivity index (χ4v) is 2.21. The Morgan fingerprint density at radius 2 is 2.33 bits per heavy atom. The van der Waals surface area contributed by atoms with E-state index in [0.717, 1.165) is 5.16 Å². The monoisotopic (exact) mass is 219 g/mol. The maximum atomic E-state index is 5.61. The van der Waals surface area contributed by atoms with Gasteiger partial charge in [0, 0.05) is 23.8 Å². The van der Waals surface area contributed by atoms with Crippen LogP contribution in [0.2, 0.25) is 0 Å². The summed E-state index contributed by atoms with van der Waals surface area (Å²) in [7, 11) is 0. The Kier molecular flexibility index (Phi) is 3.08. The highest BCUT2D eigenvalue weighted by Gasteiger charge is 2.01. The summed E-state index contributed by atoms with van der Waals surface area (Å²) in [5, 5.41) is 0.912. The van der Waals surface area contributed by atoms with E-state index >= 15 is 0 Å². The molecule has 0 aliphatic heterocycles. The highest BCUT2D eigenvalue weighted by molar-refractivity contribution is 7.99. The predicted molar refractivity (Wildman–Crippen MR) is 61.8 cm³/mol. The van der Waals surface area contributed by atoms with E-state index < -0.39 is 0 Å². The van der Waals surface area contributed by atoms with Gasteiger partial charge in [-0.1, -0.05) is 17.8 Å². The molecular formula is C11H13N3S. The molecule has 0 amide bonds. The van der Waals surface area contributed by atoms with Crippen molar-refractivity contribution in [3.63, 3.8) is 0 Å². The van der Waals surface area contributed by atoms with Gasteiger partial charge < -0.3 is 10.7 Å². The molecular weight excluding hydrogens is 206 g/mol. The van der Waals surface area contributed by atoms with Gasteiger partial charge in [0.1, 0.15) is 0 Å². The van der Waals surface area contributed by atoms with Crippen LogP contribution in [0.4, 0.5) is 0 Å². The van der Waals surface area contributed by atoms with Gasteiger partial charge in [-0.3, -0.25) is 0 Å². The fourth-order valence-electron chi connectivity index (χ4n) is 1.38. The largest absolute Gasteiger partial charge is 0.339 e. The van der Waals surface area contributed by atoms with Crippen molar-refractivity contribution in [3.8, 4) is 0 Å². The molecule has 1 aromatic carbocycles. The molecule has 1 heterocycles. The maximum absolute atomic E-state index is 5.61. The summed E-state index contributed by atoms with van der Waals surface area (Å²) in [5.41, 5.74) is 8.04. The average Bonchev–Trinajstić information content (AvgIpc) is 2.71. The highest BCUT2D eigenvalue weighted by atomic mass is 32.2. The Bertz CT molecular complexity index is 437. The molecule has 0 bridgehead atoms. The maximum Gasteiger partial charge on any atom is 0.170 e. The summed E-state index contributed by atoms with van der Waals surface area (Å²) < 4.78 is 0. The molecule has 0 atom stereocenters. The van der Waals surface area contributed by atoms with Crippen molar-refractivity contribution < 1.29 is 0 Å². The highest BCUT2D eigenvalue weighted by Crippen LogP contribution is 2.26. The summed E-state index contributed by atoms with van der Waals surface area (Å²) in [6, 6.07) is 6.28. The summed E-state index contributed by atoms with van der Waals surface area (Å²) in [6.45, 7) is 2.67. The van der Waals surface area contributed by atoms with Crippen LogP contribution < -0.4 is 5.73 Å². The Labute approximate surface area is 93.1 Å². The second kappa shape index (κ2) is 4.51. The van der Waals surface area contributed by atoms with Crippen LogP contribution >= 0.6 is 11.8 Å². The number of rotatable bonds is 3. The number of aromatic nitrogens is 2. The average molecular weight is 219 g/mol. The number of H-pyrrole nitrogens is 1. The van der Waals surface area contributed by atoms with E-state index in [4.69, 9.17) is 5.73 Å². The Morgan fingerprint density at radius 1 is 1.47 bits per heavy atom. The minimum Gasteiger partial charge on any atom is -0.339 e. The Morgan fingerprint density at radius 3 is 2.93 bits per heavy atom. The number of nitrogens with zero attached hydrogens (tertiary/aromatic N) is 1. The van der Waals surface area contributed by atoms with Crippen LogP contribution in [0.15, 0.2) is 40.6 Å². The van der Waals surface area contributed by atoms with Crippen molar-refractivity contribution >= 4 is 11.8 Å². The molecule has 3 nitrogen and oxygen atoms in total. The molecule has 0 saturated heterocycles. The van der Waals surface area contributed by atoms with Gasteiger partial charge in [-0.05, 0) is 30.2 Å². The zero-order chi connectivity index (χ0) is 10.7. The van der Waals surface area contributed by atoms with E-state index in [0.29, 0.717) is 6.54 Å². The van der Waals surface area contributed by atoms with Crippen LogP contribution in [-0.4, -0.2) is 9.97 Å². The Hall–Kier alpha value is -1.26. The number of benzene rings is 1. The van der Waals surface area contributed by atoms with Crippen LogP contribution in [-0.2, 0) is 6.54 Å². The van der Waals surface area contributed by atoms with Crippen LogP contribution in [0.25, 0.3) is 0 Å².